The largest absolute Gasteiger partial charge is 0.469 e. The Morgan fingerprint density at radius 2 is 1.93 bits per heavy atom. The Balaban J connectivity index is 1.98. The lowest BCUT2D eigenvalue weighted by atomic mass is 9.85. The van der Waals surface area contributed by atoms with E-state index in [2.05, 4.69) is 4.74 Å². The molecule has 2 fully saturated rings. The summed E-state index contributed by atoms with van der Waals surface area (Å²) >= 11 is 0. The van der Waals surface area contributed by atoms with Gasteiger partial charge in [0.2, 0.25) is 5.79 Å². The predicted molar refractivity (Wildman–Crippen MR) is 106 cm³/mol. The third-order valence-corrected chi connectivity index (χ3v) is 6.06. The maximum atomic E-state index is 11.9. The summed E-state index contributed by atoms with van der Waals surface area (Å²) in [6.45, 7) is 2.06. The maximum Gasteiger partial charge on any atom is 0.305 e. The minimum atomic E-state index is -1.01. The second-order valence-electron chi connectivity index (χ2n) is 8.16. The molecule has 0 spiro atoms. The van der Waals surface area contributed by atoms with Gasteiger partial charge in [0.1, 0.15) is 6.29 Å². The number of rotatable bonds is 12. The van der Waals surface area contributed by atoms with Gasteiger partial charge >= 0.3 is 11.9 Å². The summed E-state index contributed by atoms with van der Waals surface area (Å²) in [5.74, 6) is -1.43. The quantitative estimate of drug-likeness (QED) is 0.208. The average Bonchev–Trinajstić information content (AvgIpc) is 3.01. The summed E-state index contributed by atoms with van der Waals surface area (Å²) in [5.41, 5.74) is 0. The van der Waals surface area contributed by atoms with Gasteiger partial charge in [-0.15, -0.1) is 0 Å². The number of carbonyl (C=O) groups is 3. The monoisotopic (exact) mass is 412 g/mol. The maximum absolute atomic E-state index is 11.9. The van der Waals surface area contributed by atoms with Gasteiger partial charge in [0.15, 0.2) is 6.29 Å². The molecule has 0 aromatic carbocycles. The van der Waals surface area contributed by atoms with Gasteiger partial charge in [0.25, 0.3) is 0 Å². The number of aldehydes is 1. The Morgan fingerprint density at radius 3 is 2.59 bits per heavy atom. The molecule has 7 heteroatoms. The lowest BCUT2D eigenvalue weighted by Crippen LogP contribution is -2.46. The summed E-state index contributed by atoms with van der Waals surface area (Å²) in [7, 11) is 1.40. The molecule has 1 aliphatic carbocycles. The highest BCUT2D eigenvalue weighted by molar-refractivity contribution is 5.69. The Hall–Kier alpha value is -1.47. The van der Waals surface area contributed by atoms with Gasteiger partial charge in [0, 0.05) is 38.7 Å². The molecule has 0 amide bonds. The highest BCUT2D eigenvalue weighted by atomic mass is 16.8. The van der Waals surface area contributed by atoms with Crippen LogP contribution in [-0.2, 0) is 33.3 Å². The molecule has 0 aromatic heterocycles. The lowest BCUT2D eigenvalue weighted by Gasteiger charge is -2.39. The summed E-state index contributed by atoms with van der Waals surface area (Å²) < 4.78 is 22.5. The van der Waals surface area contributed by atoms with E-state index in [0.29, 0.717) is 25.9 Å². The fraction of sp³-hybridized carbons (Fsp3) is 0.864. The second kappa shape index (κ2) is 12.3. The highest BCUT2D eigenvalue weighted by Gasteiger charge is 2.53. The van der Waals surface area contributed by atoms with Crippen molar-refractivity contribution >= 4 is 18.2 Å². The molecule has 1 saturated heterocycles. The number of carbonyl (C=O) groups excluding carboxylic acids is 3. The Bertz CT molecular complexity index is 529. The molecular weight excluding hydrogens is 376 g/mol. The molecule has 2 aliphatic rings. The summed E-state index contributed by atoms with van der Waals surface area (Å²) in [5, 5.41) is 0. The van der Waals surface area contributed by atoms with E-state index >= 15 is 0 Å². The van der Waals surface area contributed by atoms with Crippen molar-refractivity contribution in [1.29, 1.82) is 0 Å². The van der Waals surface area contributed by atoms with E-state index in [0.717, 1.165) is 64.1 Å². The number of unbranched alkanes of at least 4 members (excludes halogenated alkanes) is 3. The third kappa shape index (κ3) is 7.37. The van der Waals surface area contributed by atoms with Gasteiger partial charge in [-0.3, -0.25) is 9.59 Å². The van der Waals surface area contributed by atoms with Crippen LogP contribution in [0.5, 0.6) is 0 Å². The second-order valence-corrected chi connectivity index (χ2v) is 8.16. The van der Waals surface area contributed by atoms with Crippen LogP contribution < -0.4 is 0 Å². The molecule has 0 radical (unpaired) electrons. The van der Waals surface area contributed by atoms with Gasteiger partial charge in [-0.1, -0.05) is 19.3 Å². The molecule has 4 atom stereocenters. The van der Waals surface area contributed by atoms with Crippen LogP contribution in [0.1, 0.15) is 84.0 Å². The van der Waals surface area contributed by atoms with Crippen LogP contribution in [-0.4, -0.2) is 44.0 Å². The molecule has 166 valence electrons. The zero-order chi connectivity index (χ0) is 21.1. The molecule has 1 heterocycles. The van der Waals surface area contributed by atoms with E-state index in [9.17, 15) is 14.4 Å². The summed E-state index contributed by atoms with van der Waals surface area (Å²) in [6, 6.07) is 0. The first-order valence-corrected chi connectivity index (χ1v) is 11.0. The topological polar surface area (TPSA) is 88.1 Å². The lowest BCUT2D eigenvalue weighted by molar-refractivity contribution is -0.319. The average molecular weight is 413 g/mol. The Kier molecular flexibility index (Phi) is 10.1. The molecule has 29 heavy (non-hydrogen) atoms. The van der Waals surface area contributed by atoms with Crippen LogP contribution >= 0.6 is 0 Å². The van der Waals surface area contributed by atoms with Crippen LogP contribution in [0.3, 0.4) is 0 Å². The predicted octanol–water partition coefficient (Wildman–Crippen LogP) is 3.92. The van der Waals surface area contributed by atoms with Crippen molar-refractivity contribution in [1.82, 2.24) is 0 Å². The van der Waals surface area contributed by atoms with Crippen LogP contribution in [0.2, 0.25) is 0 Å². The van der Waals surface area contributed by atoms with Crippen LogP contribution in [0.4, 0.5) is 0 Å². The van der Waals surface area contributed by atoms with Crippen LogP contribution in [0, 0.1) is 11.8 Å². The SMILES string of the molecule is COC(=O)CCCCCC[C@@H]1[C@@H](CC=O)CC[C@@]1(OC(C)=O)OC1CCCCO1. The van der Waals surface area contributed by atoms with E-state index in [1.165, 1.54) is 14.0 Å². The van der Waals surface area contributed by atoms with Gasteiger partial charge < -0.3 is 23.7 Å². The van der Waals surface area contributed by atoms with Gasteiger partial charge in [-0.25, -0.2) is 0 Å². The smallest absolute Gasteiger partial charge is 0.305 e. The molecule has 7 nitrogen and oxygen atoms in total. The summed E-state index contributed by atoms with van der Waals surface area (Å²) in [4.78, 5) is 34.3. The van der Waals surface area contributed by atoms with Crippen molar-refractivity contribution in [2.24, 2.45) is 11.8 Å². The highest BCUT2D eigenvalue weighted by Crippen LogP contribution is 2.48. The molecular formula is C22H36O7. The minimum Gasteiger partial charge on any atom is -0.469 e. The first kappa shape index (κ1) is 23.8. The zero-order valence-corrected chi connectivity index (χ0v) is 17.9. The van der Waals surface area contributed by atoms with Crippen molar-refractivity contribution in [3.05, 3.63) is 0 Å². The minimum absolute atomic E-state index is 0.0252. The molecule has 1 aliphatic heterocycles. The third-order valence-electron chi connectivity index (χ3n) is 6.06. The van der Waals surface area contributed by atoms with E-state index in [1.807, 2.05) is 0 Å². The van der Waals surface area contributed by atoms with Crippen molar-refractivity contribution in [3.8, 4) is 0 Å². The van der Waals surface area contributed by atoms with E-state index in [-0.39, 0.29) is 30.1 Å². The molecule has 2 rings (SSSR count). The molecule has 0 bridgehead atoms. The molecule has 0 N–H and O–H groups in total. The first-order valence-electron chi connectivity index (χ1n) is 11.0. The standard InChI is InChI=1S/C22H36O7/c1-17(24)28-22(29-21-11-7-8-16-27-21)14-12-18(13-15-23)19(22)9-5-3-4-6-10-20(25)26-2/h15,18-19,21H,3-14,16H2,1-2H3/t18-,19-,21?,22-/m1/s1. The van der Waals surface area contributed by atoms with E-state index in [1.54, 1.807) is 0 Å². The number of esters is 2. The Morgan fingerprint density at radius 1 is 1.14 bits per heavy atom. The van der Waals surface area contributed by atoms with Crippen molar-refractivity contribution in [2.45, 2.75) is 96.1 Å². The van der Waals surface area contributed by atoms with Crippen LogP contribution in [0.25, 0.3) is 0 Å². The summed E-state index contributed by atoms with van der Waals surface area (Å²) in [6.07, 6.45) is 10.2. The van der Waals surface area contributed by atoms with Gasteiger partial charge in [0.05, 0.1) is 7.11 Å². The van der Waals surface area contributed by atoms with E-state index < -0.39 is 5.79 Å². The fourth-order valence-electron chi connectivity index (χ4n) is 4.65. The zero-order valence-electron chi connectivity index (χ0n) is 17.9. The van der Waals surface area contributed by atoms with Crippen molar-refractivity contribution in [2.75, 3.05) is 13.7 Å². The molecule has 1 saturated carbocycles. The molecule has 1 unspecified atom stereocenters. The van der Waals surface area contributed by atoms with Crippen molar-refractivity contribution < 1.29 is 33.3 Å². The van der Waals surface area contributed by atoms with E-state index in [4.69, 9.17) is 14.2 Å². The number of hydrogen-bond donors (Lipinski definition) is 0. The fourth-order valence-corrected chi connectivity index (χ4v) is 4.65. The first-order chi connectivity index (χ1) is 14.0. The number of ether oxygens (including phenoxy) is 4. The number of methoxy groups -OCH3 is 1. The number of hydrogen-bond acceptors (Lipinski definition) is 7. The van der Waals surface area contributed by atoms with Crippen LogP contribution in [0.15, 0.2) is 0 Å². The normalized spacial score (nSPS) is 29.4. The molecule has 0 aromatic rings. The Labute approximate surface area is 173 Å². The van der Waals surface area contributed by atoms with Gasteiger partial charge in [-0.05, 0) is 44.4 Å². The van der Waals surface area contributed by atoms with Gasteiger partial charge in [-0.2, -0.15) is 0 Å². The van der Waals surface area contributed by atoms with Crippen molar-refractivity contribution in [3.63, 3.8) is 0 Å².